The van der Waals surface area contributed by atoms with Crippen molar-refractivity contribution in [3.8, 4) is 11.8 Å². The number of nitrogens with zero attached hydrogens (tertiary/aromatic N) is 6. The smallest absolute Gasteiger partial charge is 0.434 e. The molecule has 30 heavy (non-hydrogen) atoms. The summed E-state index contributed by atoms with van der Waals surface area (Å²) < 4.78 is 42.4. The van der Waals surface area contributed by atoms with Crippen molar-refractivity contribution >= 4 is 22.4 Å². The Balaban J connectivity index is 1.90. The Kier molecular flexibility index (Phi) is 4.63. The summed E-state index contributed by atoms with van der Waals surface area (Å²) in [5.41, 5.74) is -1.90. The zero-order valence-electron chi connectivity index (χ0n) is 15.0. The maximum absolute atomic E-state index is 13.9. The highest BCUT2D eigenvalue weighted by atomic mass is 19.4. The lowest BCUT2D eigenvalue weighted by molar-refractivity contribution is -0.213. The Morgan fingerprint density at radius 1 is 1.13 bits per heavy atom. The summed E-state index contributed by atoms with van der Waals surface area (Å²) in [4.78, 5) is 11.4. The number of halogens is 3. The van der Waals surface area contributed by atoms with Crippen LogP contribution in [0.15, 0.2) is 66.2 Å². The van der Waals surface area contributed by atoms with E-state index in [1.54, 1.807) is 30.3 Å². The Morgan fingerprint density at radius 2 is 1.93 bits per heavy atom. The minimum absolute atomic E-state index is 0.0132. The van der Waals surface area contributed by atoms with Crippen molar-refractivity contribution < 1.29 is 18.3 Å². The molecule has 4 aromatic rings. The summed E-state index contributed by atoms with van der Waals surface area (Å²) >= 11 is 0. The molecule has 0 atom stereocenters. The predicted molar refractivity (Wildman–Crippen MR) is 99.0 cm³/mol. The van der Waals surface area contributed by atoms with E-state index < -0.39 is 23.3 Å². The summed E-state index contributed by atoms with van der Waals surface area (Å²) in [7, 11) is 0. The molecule has 1 aromatic carbocycles. The molecule has 0 bridgehead atoms. The molecular formula is C20H10F3N6O-. The van der Waals surface area contributed by atoms with Gasteiger partial charge in [-0.05, 0) is 12.0 Å². The monoisotopic (exact) mass is 407 g/mol. The van der Waals surface area contributed by atoms with Crippen LogP contribution in [0.1, 0.15) is 17.0 Å². The van der Waals surface area contributed by atoms with Crippen LogP contribution in [0.5, 0.6) is 0 Å². The number of fused-ring (bicyclic) bond motifs is 1. The molecule has 0 aliphatic heterocycles. The molecule has 10 heteroatoms. The van der Waals surface area contributed by atoms with Gasteiger partial charge in [0, 0.05) is 34.8 Å². The van der Waals surface area contributed by atoms with Crippen LogP contribution in [0, 0.1) is 11.3 Å². The third-order valence-corrected chi connectivity index (χ3v) is 4.23. The Morgan fingerprint density at radius 3 is 2.70 bits per heavy atom. The van der Waals surface area contributed by atoms with Gasteiger partial charge in [-0.15, -0.1) is 0 Å². The van der Waals surface area contributed by atoms with Crippen molar-refractivity contribution in [3.63, 3.8) is 0 Å². The van der Waals surface area contributed by atoms with Gasteiger partial charge < -0.3 is 5.11 Å². The molecule has 0 saturated carbocycles. The van der Waals surface area contributed by atoms with Gasteiger partial charge in [-0.1, -0.05) is 24.3 Å². The lowest BCUT2D eigenvalue weighted by Gasteiger charge is -2.16. The van der Waals surface area contributed by atoms with Crippen molar-refractivity contribution in [1.82, 2.24) is 19.7 Å². The second-order valence-electron chi connectivity index (χ2n) is 6.12. The fraction of sp³-hybridized carbons (Fsp3) is 0.0500. The largest absolute Gasteiger partial charge is 0.858 e. The number of pyridine rings is 2. The van der Waals surface area contributed by atoms with E-state index in [2.05, 4.69) is 20.1 Å². The molecule has 0 spiro atoms. The van der Waals surface area contributed by atoms with Gasteiger partial charge in [0.25, 0.3) is 0 Å². The van der Waals surface area contributed by atoms with E-state index in [9.17, 15) is 18.3 Å². The molecule has 4 rings (SSSR count). The Hall–Kier alpha value is -4.26. The van der Waals surface area contributed by atoms with Crippen molar-refractivity contribution in [2.24, 2.45) is 4.99 Å². The van der Waals surface area contributed by atoms with Gasteiger partial charge in [0.1, 0.15) is 11.8 Å². The molecule has 0 aliphatic carbocycles. The molecule has 0 radical (unpaired) electrons. The first kappa shape index (κ1) is 19.1. The summed E-state index contributed by atoms with van der Waals surface area (Å²) in [6.07, 6.45) is -0.0569. The van der Waals surface area contributed by atoms with Crippen LogP contribution in [0.4, 0.5) is 18.9 Å². The maximum Gasteiger partial charge on any atom is 0.434 e. The lowest BCUT2D eigenvalue weighted by atomic mass is 10.1. The first-order chi connectivity index (χ1) is 14.4. The van der Waals surface area contributed by atoms with E-state index in [0.29, 0.717) is 15.5 Å². The molecule has 0 N–H and O–H groups in total. The number of rotatable bonds is 3. The van der Waals surface area contributed by atoms with Gasteiger partial charge in [-0.2, -0.15) is 23.5 Å². The van der Waals surface area contributed by atoms with E-state index in [0.717, 1.165) is 6.20 Å². The SMILES string of the molecule is N#Cc1cc(N=C([O-])c2cnn(-c3cncc4ccccc34)c2C(F)(F)F)ccn1. The van der Waals surface area contributed by atoms with Gasteiger partial charge in [0.2, 0.25) is 0 Å². The van der Waals surface area contributed by atoms with Gasteiger partial charge in [0.15, 0.2) is 5.69 Å². The fourth-order valence-electron chi connectivity index (χ4n) is 2.96. The first-order valence-electron chi connectivity index (χ1n) is 8.49. The van der Waals surface area contributed by atoms with E-state index >= 15 is 0 Å². The lowest BCUT2D eigenvalue weighted by Crippen LogP contribution is -2.24. The average molecular weight is 407 g/mol. The van der Waals surface area contributed by atoms with Gasteiger partial charge in [-0.25, -0.2) is 9.67 Å². The molecule has 0 saturated heterocycles. The highest BCUT2D eigenvalue weighted by Gasteiger charge is 2.39. The number of aliphatic imine (C=N–C) groups is 1. The molecular weight excluding hydrogens is 397 g/mol. The van der Waals surface area contributed by atoms with Gasteiger partial charge >= 0.3 is 6.18 Å². The topological polar surface area (TPSA) is 103 Å². The van der Waals surface area contributed by atoms with E-state index in [1.165, 1.54) is 30.7 Å². The van der Waals surface area contributed by atoms with E-state index in [-0.39, 0.29) is 17.1 Å². The molecule has 0 amide bonds. The average Bonchev–Trinajstić information content (AvgIpc) is 3.19. The molecule has 0 aliphatic rings. The quantitative estimate of drug-likeness (QED) is 0.383. The predicted octanol–water partition coefficient (Wildman–Crippen LogP) is 3.14. The van der Waals surface area contributed by atoms with Gasteiger partial charge in [0.05, 0.1) is 23.8 Å². The number of benzene rings is 1. The number of alkyl halides is 3. The number of hydrogen-bond donors (Lipinski definition) is 0. The fourth-order valence-corrected chi connectivity index (χ4v) is 2.96. The van der Waals surface area contributed by atoms with Crippen molar-refractivity contribution in [2.75, 3.05) is 0 Å². The van der Waals surface area contributed by atoms with Crippen LogP contribution in [-0.2, 0) is 6.18 Å². The number of nitriles is 1. The van der Waals surface area contributed by atoms with Gasteiger partial charge in [-0.3, -0.25) is 9.98 Å². The number of hydrogen-bond acceptors (Lipinski definition) is 6. The normalized spacial score (nSPS) is 12.1. The third kappa shape index (κ3) is 3.44. The number of aromatic nitrogens is 4. The summed E-state index contributed by atoms with van der Waals surface area (Å²) in [6.45, 7) is 0. The summed E-state index contributed by atoms with van der Waals surface area (Å²) in [5, 5.41) is 26.3. The minimum Gasteiger partial charge on any atom is -0.858 e. The summed E-state index contributed by atoms with van der Waals surface area (Å²) in [6, 6.07) is 11.0. The summed E-state index contributed by atoms with van der Waals surface area (Å²) in [5.74, 6) is -1.14. The zero-order chi connectivity index (χ0) is 21.3. The molecule has 148 valence electrons. The van der Waals surface area contributed by atoms with E-state index in [1.807, 2.05) is 0 Å². The van der Waals surface area contributed by atoms with Crippen LogP contribution in [0.3, 0.4) is 0 Å². The highest BCUT2D eigenvalue weighted by Crippen LogP contribution is 2.35. The second-order valence-corrected chi connectivity index (χ2v) is 6.12. The van der Waals surface area contributed by atoms with Crippen LogP contribution < -0.4 is 5.11 Å². The minimum atomic E-state index is -4.88. The molecule has 3 heterocycles. The zero-order valence-corrected chi connectivity index (χ0v) is 15.0. The molecule has 3 aromatic heterocycles. The molecule has 0 fully saturated rings. The van der Waals surface area contributed by atoms with Crippen LogP contribution in [-0.4, -0.2) is 25.6 Å². The molecule has 7 nitrogen and oxygen atoms in total. The maximum atomic E-state index is 13.9. The first-order valence-corrected chi connectivity index (χ1v) is 8.49. The van der Waals surface area contributed by atoms with Crippen molar-refractivity contribution in [3.05, 3.63) is 78.1 Å². The van der Waals surface area contributed by atoms with E-state index in [4.69, 9.17) is 5.26 Å². The van der Waals surface area contributed by atoms with Crippen LogP contribution >= 0.6 is 0 Å². The Labute approximate surface area is 167 Å². The third-order valence-electron chi connectivity index (χ3n) is 4.23. The standard InChI is InChI=1S/C20H11F3N6O/c21-20(22,23)18-16(19(30)28-13-5-6-26-14(7-13)8-24)10-27-29(18)17-11-25-9-12-3-1-2-4-15(12)17/h1-7,9-11H,(H,26,28,30)/p-1. The molecule has 0 unspecified atom stereocenters. The second kappa shape index (κ2) is 7.29. The van der Waals surface area contributed by atoms with Crippen molar-refractivity contribution in [1.29, 1.82) is 5.26 Å². The van der Waals surface area contributed by atoms with Crippen LogP contribution in [0.2, 0.25) is 0 Å². The van der Waals surface area contributed by atoms with Crippen LogP contribution in [0.25, 0.3) is 16.5 Å². The Bertz CT molecular complexity index is 1310. The van der Waals surface area contributed by atoms with Crippen molar-refractivity contribution in [2.45, 2.75) is 6.18 Å². The highest BCUT2D eigenvalue weighted by molar-refractivity contribution is 5.94.